The molecule has 2 N–H and O–H groups in total. The largest absolute Gasteiger partial charge is 0.479 e. The first kappa shape index (κ1) is 17.6. The number of anilines is 1. The third-order valence-corrected chi connectivity index (χ3v) is 4.18. The van der Waals surface area contributed by atoms with E-state index in [2.05, 4.69) is 15.6 Å². The quantitative estimate of drug-likeness (QED) is 0.833. The molecule has 0 spiro atoms. The smallest absolute Gasteiger partial charge is 0.265 e. The van der Waals surface area contributed by atoms with Gasteiger partial charge in [-0.2, -0.15) is 0 Å². The summed E-state index contributed by atoms with van der Waals surface area (Å²) in [5.41, 5.74) is 1.61. The summed E-state index contributed by atoms with van der Waals surface area (Å²) in [4.78, 5) is 16.8. The van der Waals surface area contributed by atoms with E-state index >= 15 is 0 Å². The minimum absolute atomic E-state index is 0.274. The number of carbonyl (C=O) groups is 1. The maximum absolute atomic E-state index is 12.4. The topological polar surface area (TPSA) is 62.7 Å². The molecule has 1 aliphatic heterocycles. The summed E-state index contributed by atoms with van der Waals surface area (Å²) in [7, 11) is 0. The third-order valence-electron chi connectivity index (χ3n) is 3.64. The highest BCUT2D eigenvalue weighted by Crippen LogP contribution is 2.28. The summed E-state index contributed by atoms with van der Waals surface area (Å²) in [5.74, 6) is 0.977. The Labute approximate surface area is 156 Å². The van der Waals surface area contributed by atoms with Crippen LogP contribution in [0.25, 0.3) is 0 Å². The van der Waals surface area contributed by atoms with Crippen LogP contribution in [0.1, 0.15) is 12.5 Å². The monoisotopic (exact) mass is 377 g/mol. The van der Waals surface area contributed by atoms with E-state index in [0.717, 1.165) is 24.5 Å². The summed E-state index contributed by atoms with van der Waals surface area (Å²) in [6.07, 6.45) is -0.718. The highest BCUT2D eigenvalue weighted by atomic mass is 35.5. The van der Waals surface area contributed by atoms with Crippen LogP contribution in [0.3, 0.4) is 0 Å². The maximum atomic E-state index is 12.4. The van der Waals surface area contributed by atoms with Gasteiger partial charge in [0.05, 0.1) is 11.6 Å². The Kier molecular flexibility index (Phi) is 5.46. The number of hydrogen-bond donors (Lipinski definition) is 2. The molecule has 2 aromatic carbocycles. The molecule has 0 saturated carbocycles. The Morgan fingerprint density at radius 1 is 1.28 bits per heavy atom. The van der Waals surface area contributed by atoms with Crippen LogP contribution in [0.5, 0.6) is 5.75 Å². The Morgan fingerprint density at radius 2 is 2.12 bits per heavy atom. The van der Waals surface area contributed by atoms with Gasteiger partial charge < -0.3 is 15.4 Å². The highest BCUT2D eigenvalue weighted by Gasteiger charge is 2.17. The van der Waals surface area contributed by atoms with Crippen LogP contribution in [0.4, 0.5) is 5.69 Å². The third kappa shape index (κ3) is 4.44. The number of hydrogen-bond acceptors (Lipinski definition) is 4. The maximum Gasteiger partial charge on any atom is 0.265 e. The molecule has 1 aliphatic rings. The molecule has 0 aliphatic carbocycles. The first-order valence-corrected chi connectivity index (χ1v) is 8.60. The molecular weight excluding hydrogens is 361 g/mol. The summed E-state index contributed by atoms with van der Waals surface area (Å²) in [6, 6.07) is 12.4. The minimum Gasteiger partial charge on any atom is -0.479 e. The highest BCUT2D eigenvalue weighted by molar-refractivity contribution is 6.35. The minimum atomic E-state index is -0.718. The zero-order valence-electron chi connectivity index (χ0n) is 13.6. The van der Waals surface area contributed by atoms with Crippen LogP contribution in [0, 0.1) is 0 Å². The summed E-state index contributed by atoms with van der Waals surface area (Å²) < 4.78 is 5.63. The van der Waals surface area contributed by atoms with Crippen molar-refractivity contribution in [3.8, 4) is 5.75 Å². The van der Waals surface area contributed by atoms with Crippen molar-refractivity contribution in [3.63, 3.8) is 0 Å². The van der Waals surface area contributed by atoms with Crippen molar-refractivity contribution in [2.45, 2.75) is 13.0 Å². The van der Waals surface area contributed by atoms with Crippen molar-refractivity contribution in [2.24, 2.45) is 4.99 Å². The van der Waals surface area contributed by atoms with Gasteiger partial charge in [-0.1, -0.05) is 35.3 Å². The lowest BCUT2D eigenvalue weighted by molar-refractivity contribution is -0.122. The number of aliphatic imine (C=N–C) groups is 1. The lowest BCUT2D eigenvalue weighted by atomic mass is 10.2. The van der Waals surface area contributed by atoms with Gasteiger partial charge >= 0.3 is 0 Å². The molecule has 0 bridgehead atoms. The predicted molar refractivity (Wildman–Crippen MR) is 101 cm³/mol. The predicted octanol–water partition coefficient (Wildman–Crippen LogP) is 3.75. The van der Waals surface area contributed by atoms with Gasteiger partial charge in [-0.3, -0.25) is 9.79 Å². The van der Waals surface area contributed by atoms with E-state index in [1.807, 2.05) is 24.3 Å². The van der Waals surface area contributed by atoms with Gasteiger partial charge in [0.1, 0.15) is 11.6 Å². The molecule has 3 rings (SSSR count). The number of amidine groups is 1. The van der Waals surface area contributed by atoms with Crippen molar-refractivity contribution >= 4 is 40.6 Å². The van der Waals surface area contributed by atoms with E-state index in [1.54, 1.807) is 25.1 Å². The first-order chi connectivity index (χ1) is 12.0. The van der Waals surface area contributed by atoms with Gasteiger partial charge in [0, 0.05) is 22.8 Å². The first-order valence-electron chi connectivity index (χ1n) is 7.84. The van der Waals surface area contributed by atoms with Crippen LogP contribution in [-0.2, 0) is 4.79 Å². The van der Waals surface area contributed by atoms with Gasteiger partial charge in [-0.05, 0) is 37.3 Å². The Balaban J connectivity index is 1.66. The molecule has 1 heterocycles. The molecule has 130 valence electrons. The van der Waals surface area contributed by atoms with Crippen LogP contribution >= 0.6 is 23.2 Å². The molecule has 0 radical (unpaired) electrons. The van der Waals surface area contributed by atoms with Crippen molar-refractivity contribution in [1.82, 2.24) is 5.32 Å². The number of amides is 1. The Bertz CT molecular complexity index is 824. The van der Waals surface area contributed by atoms with Crippen molar-refractivity contribution in [1.29, 1.82) is 0 Å². The molecule has 7 heteroatoms. The molecule has 1 atom stereocenters. The van der Waals surface area contributed by atoms with E-state index in [9.17, 15) is 4.79 Å². The standard InChI is InChI=1S/C18H17Cl2N3O2/c1-11(25-16-6-5-13(19)10-15(16)20)18(24)23-14-4-2-3-12(9-14)17-21-7-8-22-17/h2-6,9-11H,7-8H2,1H3,(H,21,22)(H,23,24). The average Bonchev–Trinajstić information content (AvgIpc) is 3.12. The number of nitrogens with one attached hydrogen (secondary N) is 2. The van der Waals surface area contributed by atoms with E-state index in [0.29, 0.717) is 21.5 Å². The summed E-state index contributed by atoms with van der Waals surface area (Å²) >= 11 is 11.9. The van der Waals surface area contributed by atoms with Crippen molar-refractivity contribution in [2.75, 3.05) is 18.4 Å². The van der Waals surface area contributed by atoms with Crippen LogP contribution in [0.2, 0.25) is 10.0 Å². The molecule has 2 aromatic rings. The van der Waals surface area contributed by atoms with Crippen LogP contribution in [0.15, 0.2) is 47.5 Å². The second-order valence-corrected chi connectivity index (χ2v) is 6.41. The second-order valence-electron chi connectivity index (χ2n) is 5.56. The van der Waals surface area contributed by atoms with E-state index in [-0.39, 0.29) is 5.91 Å². The molecule has 0 aromatic heterocycles. The molecule has 1 unspecified atom stereocenters. The van der Waals surface area contributed by atoms with E-state index < -0.39 is 6.10 Å². The fourth-order valence-corrected chi connectivity index (χ4v) is 2.85. The number of carbonyl (C=O) groups excluding carboxylic acids is 1. The molecule has 1 amide bonds. The Hall–Kier alpha value is -2.24. The summed E-state index contributed by atoms with van der Waals surface area (Å²) in [6.45, 7) is 3.25. The normalized spacial score (nSPS) is 14.4. The van der Waals surface area contributed by atoms with Crippen LogP contribution in [-0.4, -0.2) is 30.9 Å². The van der Waals surface area contributed by atoms with Gasteiger partial charge in [0.25, 0.3) is 5.91 Å². The number of rotatable bonds is 5. The molecule has 25 heavy (non-hydrogen) atoms. The van der Waals surface area contributed by atoms with Crippen LogP contribution < -0.4 is 15.4 Å². The van der Waals surface area contributed by atoms with Gasteiger partial charge in [0.2, 0.25) is 0 Å². The lowest BCUT2D eigenvalue weighted by Gasteiger charge is -2.16. The SMILES string of the molecule is CC(Oc1ccc(Cl)cc1Cl)C(=O)Nc1cccc(C2=NCCN2)c1. The lowest BCUT2D eigenvalue weighted by Crippen LogP contribution is -2.30. The average molecular weight is 378 g/mol. The zero-order chi connectivity index (χ0) is 17.8. The molecule has 0 fully saturated rings. The van der Waals surface area contributed by atoms with Gasteiger partial charge in [0.15, 0.2) is 6.10 Å². The fraction of sp³-hybridized carbons (Fsp3) is 0.222. The molecule has 0 saturated heterocycles. The number of halogens is 2. The van der Waals surface area contributed by atoms with E-state index in [4.69, 9.17) is 27.9 Å². The molecule has 5 nitrogen and oxygen atoms in total. The number of nitrogens with zero attached hydrogens (tertiary/aromatic N) is 1. The summed E-state index contributed by atoms with van der Waals surface area (Å²) in [5, 5.41) is 6.92. The molecular formula is C18H17Cl2N3O2. The number of ether oxygens (including phenoxy) is 1. The van der Waals surface area contributed by atoms with Gasteiger partial charge in [-0.15, -0.1) is 0 Å². The fourth-order valence-electron chi connectivity index (χ4n) is 2.39. The number of benzene rings is 2. The Morgan fingerprint density at radius 3 is 2.84 bits per heavy atom. The van der Waals surface area contributed by atoms with Crippen molar-refractivity contribution in [3.05, 3.63) is 58.1 Å². The second kappa shape index (κ2) is 7.76. The van der Waals surface area contributed by atoms with E-state index in [1.165, 1.54) is 0 Å². The van der Waals surface area contributed by atoms with Crippen molar-refractivity contribution < 1.29 is 9.53 Å². The van der Waals surface area contributed by atoms with Gasteiger partial charge in [-0.25, -0.2) is 0 Å². The zero-order valence-corrected chi connectivity index (χ0v) is 15.1.